The van der Waals surface area contributed by atoms with Gasteiger partial charge in [-0.25, -0.2) is 4.39 Å². The lowest BCUT2D eigenvalue weighted by Gasteiger charge is -2.18. The molecule has 0 unspecified atom stereocenters. The van der Waals surface area contributed by atoms with Gasteiger partial charge in [0.05, 0.1) is 0 Å². The van der Waals surface area contributed by atoms with E-state index in [-0.39, 0.29) is 5.82 Å². The van der Waals surface area contributed by atoms with Crippen LogP contribution < -0.4 is 5.73 Å². The third-order valence-electron chi connectivity index (χ3n) is 3.12. The molecule has 0 aliphatic rings. The van der Waals surface area contributed by atoms with Gasteiger partial charge < -0.3 is 5.73 Å². The second-order valence-corrected chi connectivity index (χ2v) is 5.82. The molecule has 2 nitrogen and oxygen atoms in total. The first-order valence-corrected chi connectivity index (χ1v) is 7.25. The van der Waals surface area contributed by atoms with E-state index >= 15 is 0 Å². The molecule has 2 rings (SSSR count). The molecule has 0 saturated heterocycles. The van der Waals surface area contributed by atoms with Gasteiger partial charge in [0.1, 0.15) is 10.8 Å². The smallest absolute Gasteiger partial charge is 0.123 e. The van der Waals surface area contributed by atoms with Crippen LogP contribution in [0.5, 0.6) is 0 Å². The zero-order valence-electron chi connectivity index (χ0n) is 11.6. The van der Waals surface area contributed by atoms with Crippen molar-refractivity contribution >= 4 is 28.8 Å². The van der Waals surface area contributed by atoms with Gasteiger partial charge in [0.15, 0.2) is 0 Å². The molecule has 5 heteroatoms. The van der Waals surface area contributed by atoms with E-state index in [1.165, 1.54) is 12.1 Å². The van der Waals surface area contributed by atoms with Gasteiger partial charge in [-0.15, -0.1) is 0 Å². The van der Waals surface area contributed by atoms with E-state index in [4.69, 9.17) is 29.6 Å². The normalized spacial score (nSPS) is 10.9. The van der Waals surface area contributed by atoms with Crippen LogP contribution in [0.4, 0.5) is 4.39 Å². The average Bonchev–Trinajstić information content (AvgIpc) is 2.40. The van der Waals surface area contributed by atoms with Gasteiger partial charge in [0.2, 0.25) is 0 Å². The highest BCUT2D eigenvalue weighted by Gasteiger charge is 2.07. The van der Waals surface area contributed by atoms with Crippen molar-refractivity contribution in [3.8, 4) is 0 Å². The first-order chi connectivity index (χ1) is 9.95. The Morgan fingerprint density at radius 1 is 1.24 bits per heavy atom. The van der Waals surface area contributed by atoms with Crippen molar-refractivity contribution in [3.63, 3.8) is 0 Å². The predicted octanol–water partition coefficient (Wildman–Crippen LogP) is 3.75. The summed E-state index contributed by atoms with van der Waals surface area (Å²) >= 11 is 11.2. The molecule has 0 aromatic heterocycles. The molecule has 0 fully saturated rings. The van der Waals surface area contributed by atoms with Crippen molar-refractivity contribution in [1.82, 2.24) is 4.90 Å². The molecule has 0 atom stereocenters. The molecule has 0 saturated carbocycles. The summed E-state index contributed by atoms with van der Waals surface area (Å²) in [7, 11) is 1.96. The van der Waals surface area contributed by atoms with Gasteiger partial charge in [0, 0.05) is 23.7 Å². The summed E-state index contributed by atoms with van der Waals surface area (Å²) < 4.78 is 13.2. The van der Waals surface area contributed by atoms with E-state index in [2.05, 4.69) is 4.90 Å². The van der Waals surface area contributed by atoms with E-state index in [1.807, 2.05) is 25.2 Å². The topological polar surface area (TPSA) is 29.3 Å². The molecule has 0 bridgehead atoms. The van der Waals surface area contributed by atoms with Crippen LogP contribution in [0.1, 0.15) is 16.7 Å². The highest BCUT2D eigenvalue weighted by molar-refractivity contribution is 7.80. The van der Waals surface area contributed by atoms with E-state index in [0.717, 1.165) is 16.7 Å². The van der Waals surface area contributed by atoms with Crippen LogP contribution in [0.25, 0.3) is 0 Å². The summed E-state index contributed by atoms with van der Waals surface area (Å²) in [5.74, 6) is -0.222. The molecule has 0 spiro atoms. The molecule has 2 aromatic carbocycles. The standard InChI is InChI=1S/C16H16ClFN2S/c1-20(9-11-3-2-4-14(18)7-11)10-13-6-5-12(16(19)21)8-15(13)17/h2-8H,9-10H2,1H3,(H2,19,21). The molecular formula is C16H16ClFN2S. The fraction of sp³-hybridized carbons (Fsp3) is 0.188. The maximum Gasteiger partial charge on any atom is 0.123 e. The zero-order valence-corrected chi connectivity index (χ0v) is 13.2. The van der Waals surface area contributed by atoms with Crippen LogP contribution in [0, 0.1) is 5.82 Å². The van der Waals surface area contributed by atoms with Crippen LogP contribution in [-0.2, 0) is 13.1 Å². The Balaban J connectivity index is 2.06. The summed E-state index contributed by atoms with van der Waals surface area (Å²) in [6.45, 7) is 1.30. The summed E-state index contributed by atoms with van der Waals surface area (Å²) in [6, 6.07) is 12.1. The lowest BCUT2D eigenvalue weighted by molar-refractivity contribution is 0.318. The Kier molecular flexibility index (Phi) is 5.28. The van der Waals surface area contributed by atoms with Gasteiger partial charge in [-0.05, 0) is 36.4 Å². The third-order valence-corrected chi connectivity index (χ3v) is 3.71. The Labute approximate surface area is 134 Å². The number of benzene rings is 2. The van der Waals surface area contributed by atoms with Gasteiger partial charge in [0.25, 0.3) is 0 Å². The lowest BCUT2D eigenvalue weighted by Crippen LogP contribution is -2.18. The van der Waals surface area contributed by atoms with E-state index < -0.39 is 0 Å². The number of hydrogen-bond donors (Lipinski definition) is 1. The Hall–Kier alpha value is -1.49. The number of halogens is 2. The summed E-state index contributed by atoms with van der Waals surface area (Å²) in [5, 5.41) is 0.631. The molecule has 2 N–H and O–H groups in total. The quantitative estimate of drug-likeness (QED) is 0.850. The Morgan fingerprint density at radius 2 is 2.00 bits per heavy atom. The fourth-order valence-electron chi connectivity index (χ4n) is 2.12. The van der Waals surface area contributed by atoms with E-state index in [1.54, 1.807) is 12.1 Å². The highest BCUT2D eigenvalue weighted by atomic mass is 35.5. The van der Waals surface area contributed by atoms with Crippen molar-refractivity contribution in [2.45, 2.75) is 13.1 Å². The van der Waals surface area contributed by atoms with Gasteiger partial charge in [-0.2, -0.15) is 0 Å². The SMILES string of the molecule is CN(Cc1cccc(F)c1)Cc1ccc(C(N)=S)cc1Cl. The van der Waals surface area contributed by atoms with Crippen molar-refractivity contribution in [3.05, 3.63) is 70.0 Å². The third kappa shape index (κ3) is 4.49. The molecule has 110 valence electrons. The van der Waals surface area contributed by atoms with Crippen LogP contribution in [-0.4, -0.2) is 16.9 Å². The minimum Gasteiger partial charge on any atom is -0.389 e. The monoisotopic (exact) mass is 322 g/mol. The Morgan fingerprint density at radius 3 is 2.62 bits per heavy atom. The van der Waals surface area contributed by atoms with E-state index in [0.29, 0.717) is 23.1 Å². The highest BCUT2D eigenvalue weighted by Crippen LogP contribution is 2.20. The largest absolute Gasteiger partial charge is 0.389 e. The van der Waals surface area contributed by atoms with Crippen LogP contribution >= 0.6 is 23.8 Å². The van der Waals surface area contributed by atoms with Gasteiger partial charge >= 0.3 is 0 Å². The zero-order chi connectivity index (χ0) is 15.4. The molecule has 0 heterocycles. The second-order valence-electron chi connectivity index (χ2n) is 4.97. The molecule has 2 aromatic rings. The number of nitrogens with two attached hydrogens (primary N) is 1. The molecule has 21 heavy (non-hydrogen) atoms. The van der Waals surface area contributed by atoms with Gasteiger partial charge in [-0.1, -0.05) is 48.1 Å². The van der Waals surface area contributed by atoms with Crippen molar-refractivity contribution in [2.75, 3.05) is 7.05 Å². The molecule has 0 aliphatic carbocycles. The predicted molar refractivity (Wildman–Crippen MR) is 88.9 cm³/mol. The molecule has 0 aliphatic heterocycles. The van der Waals surface area contributed by atoms with Crippen molar-refractivity contribution < 1.29 is 4.39 Å². The minimum atomic E-state index is -0.222. The second kappa shape index (κ2) is 6.98. The first-order valence-electron chi connectivity index (χ1n) is 6.47. The Bertz CT molecular complexity index is 660. The fourth-order valence-corrected chi connectivity index (χ4v) is 2.49. The average molecular weight is 323 g/mol. The maximum atomic E-state index is 13.2. The van der Waals surface area contributed by atoms with Crippen LogP contribution in [0.2, 0.25) is 5.02 Å². The molecule has 0 amide bonds. The molecular weight excluding hydrogens is 307 g/mol. The van der Waals surface area contributed by atoms with E-state index in [9.17, 15) is 4.39 Å². The number of thiocarbonyl (C=S) groups is 1. The molecule has 0 radical (unpaired) electrons. The summed E-state index contributed by atoms with van der Waals surface area (Å²) in [5.41, 5.74) is 8.24. The van der Waals surface area contributed by atoms with Crippen molar-refractivity contribution in [1.29, 1.82) is 0 Å². The lowest BCUT2D eigenvalue weighted by atomic mass is 10.1. The minimum absolute atomic E-state index is 0.222. The maximum absolute atomic E-state index is 13.2. The number of rotatable bonds is 5. The summed E-state index contributed by atoms with van der Waals surface area (Å²) in [4.78, 5) is 2.40. The summed E-state index contributed by atoms with van der Waals surface area (Å²) in [6.07, 6.45) is 0. The van der Waals surface area contributed by atoms with Crippen LogP contribution in [0.3, 0.4) is 0 Å². The van der Waals surface area contributed by atoms with Crippen LogP contribution in [0.15, 0.2) is 42.5 Å². The van der Waals surface area contributed by atoms with Gasteiger partial charge in [-0.3, -0.25) is 4.90 Å². The number of hydrogen-bond acceptors (Lipinski definition) is 2. The van der Waals surface area contributed by atoms with Crippen molar-refractivity contribution in [2.24, 2.45) is 5.73 Å². The number of nitrogens with zero attached hydrogens (tertiary/aromatic N) is 1. The first kappa shape index (κ1) is 15.9.